The number of carbonyl (C=O) groups is 3. The van der Waals surface area contributed by atoms with Crippen molar-refractivity contribution in [1.82, 2.24) is 24.8 Å². The van der Waals surface area contributed by atoms with Gasteiger partial charge in [0.15, 0.2) is 0 Å². The number of likely N-dealkylation sites (N-methyl/N-ethyl adjacent to an activating group) is 1. The summed E-state index contributed by atoms with van der Waals surface area (Å²) in [6.07, 6.45) is 1.43. The van der Waals surface area contributed by atoms with Crippen LogP contribution in [0.3, 0.4) is 0 Å². The number of piperazine rings is 1. The number of nitrogens with zero attached hydrogens (tertiary/aromatic N) is 5. The predicted molar refractivity (Wildman–Crippen MR) is 161 cm³/mol. The number of primary amides is 1. The van der Waals surface area contributed by atoms with E-state index in [2.05, 4.69) is 4.98 Å². The highest BCUT2D eigenvalue weighted by atomic mass is 16.3. The van der Waals surface area contributed by atoms with Crippen LogP contribution >= 0.6 is 0 Å². The lowest BCUT2D eigenvalue weighted by atomic mass is 9.92. The van der Waals surface area contributed by atoms with E-state index < -0.39 is 30.3 Å². The highest BCUT2D eigenvalue weighted by molar-refractivity contribution is 5.94. The third-order valence-corrected chi connectivity index (χ3v) is 8.61. The van der Waals surface area contributed by atoms with E-state index in [9.17, 15) is 19.5 Å². The number of aromatic nitrogens is 1. The van der Waals surface area contributed by atoms with Crippen molar-refractivity contribution in [3.05, 3.63) is 108 Å². The summed E-state index contributed by atoms with van der Waals surface area (Å²) in [4.78, 5) is 49.9. The largest absolute Gasteiger partial charge is 0.508 e. The lowest BCUT2D eigenvalue weighted by Crippen LogP contribution is -2.80. The average Bonchev–Trinajstić information content (AvgIpc) is 3.01. The summed E-state index contributed by atoms with van der Waals surface area (Å²) in [7, 11) is 1.70. The van der Waals surface area contributed by atoms with Crippen molar-refractivity contribution < 1.29 is 19.5 Å². The number of urea groups is 1. The maximum absolute atomic E-state index is 14.5. The van der Waals surface area contributed by atoms with Crippen molar-refractivity contribution in [2.45, 2.75) is 50.6 Å². The molecule has 3 N–H and O–H groups in total. The number of carbonyl (C=O) groups excluding carboxylic acids is 3. The molecular weight excluding hydrogens is 544 g/mol. The molecule has 0 radical (unpaired) electrons. The lowest BCUT2D eigenvalue weighted by molar-refractivity contribution is -0.205. The van der Waals surface area contributed by atoms with Crippen LogP contribution in [0.5, 0.6) is 5.75 Å². The zero-order valence-electron chi connectivity index (χ0n) is 24.1. The first-order valence-corrected chi connectivity index (χ1v) is 14.3. The Labute approximate surface area is 249 Å². The van der Waals surface area contributed by atoms with Gasteiger partial charge < -0.3 is 20.6 Å². The fourth-order valence-corrected chi connectivity index (χ4v) is 6.45. The Bertz CT molecular complexity index is 1660. The number of hydrazine groups is 1. The minimum Gasteiger partial charge on any atom is -0.508 e. The van der Waals surface area contributed by atoms with Gasteiger partial charge in [-0.1, -0.05) is 66.7 Å². The average molecular weight is 579 g/mol. The van der Waals surface area contributed by atoms with Crippen LogP contribution in [-0.4, -0.2) is 79.1 Å². The van der Waals surface area contributed by atoms with E-state index in [0.29, 0.717) is 6.42 Å². The van der Waals surface area contributed by atoms with Gasteiger partial charge in [-0.2, -0.15) is 0 Å². The molecule has 0 bridgehead atoms. The van der Waals surface area contributed by atoms with Gasteiger partial charge in [0.2, 0.25) is 11.8 Å². The number of pyridine rings is 1. The molecule has 4 atom stereocenters. The van der Waals surface area contributed by atoms with Gasteiger partial charge in [0.05, 0.1) is 11.6 Å². The molecule has 0 aliphatic carbocycles. The first-order valence-electron chi connectivity index (χ1n) is 14.3. The van der Waals surface area contributed by atoms with Gasteiger partial charge in [-0.3, -0.25) is 14.6 Å². The number of benzene rings is 3. The molecule has 43 heavy (non-hydrogen) atoms. The van der Waals surface area contributed by atoms with Crippen molar-refractivity contribution in [2.75, 3.05) is 7.05 Å². The summed E-state index contributed by atoms with van der Waals surface area (Å²) in [5.74, 6) is -0.372. The molecule has 4 amide bonds. The van der Waals surface area contributed by atoms with E-state index in [4.69, 9.17) is 5.73 Å². The number of hydrogen-bond donors (Lipinski definition) is 2. The Morgan fingerprint density at radius 2 is 1.53 bits per heavy atom. The molecule has 0 spiro atoms. The Balaban J connectivity index is 1.44. The SMILES string of the molecule is CC1C2N(C(=O)C(Cc3ccccc3)N(C)N2C(N)=O)C(Cc2ccc(O)cc2)C(=O)N1Cc1cccc2cccnc12. The van der Waals surface area contributed by atoms with E-state index in [1.165, 1.54) is 5.01 Å². The number of phenolic OH excluding ortho intramolecular Hbond substituents is 1. The second-order valence-corrected chi connectivity index (χ2v) is 11.2. The van der Waals surface area contributed by atoms with Gasteiger partial charge in [0, 0.05) is 31.6 Å². The molecule has 10 heteroatoms. The molecule has 1 aromatic heterocycles. The number of hydrogen-bond acceptors (Lipinski definition) is 6. The van der Waals surface area contributed by atoms with Crippen LogP contribution in [0.15, 0.2) is 91.1 Å². The van der Waals surface area contributed by atoms with Crippen LogP contribution in [0.2, 0.25) is 0 Å². The molecule has 2 aliphatic heterocycles. The molecule has 2 fully saturated rings. The van der Waals surface area contributed by atoms with Gasteiger partial charge in [-0.25, -0.2) is 14.8 Å². The van der Waals surface area contributed by atoms with Crippen LogP contribution in [0.25, 0.3) is 10.9 Å². The molecule has 10 nitrogen and oxygen atoms in total. The van der Waals surface area contributed by atoms with Crippen molar-refractivity contribution >= 4 is 28.7 Å². The van der Waals surface area contributed by atoms with Crippen molar-refractivity contribution in [3.8, 4) is 5.75 Å². The van der Waals surface area contributed by atoms with Crippen molar-refractivity contribution in [3.63, 3.8) is 0 Å². The van der Waals surface area contributed by atoms with E-state index in [1.54, 1.807) is 52.3 Å². The number of nitrogens with two attached hydrogens (primary N) is 1. The smallest absolute Gasteiger partial charge is 0.331 e. The van der Waals surface area contributed by atoms with Gasteiger partial charge in [0.25, 0.3) is 0 Å². The highest BCUT2D eigenvalue weighted by Crippen LogP contribution is 2.35. The Morgan fingerprint density at radius 1 is 0.860 bits per heavy atom. The lowest BCUT2D eigenvalue weighted by Gasteiger charge is -2.59. The summed E-state index contributed by atoms with van der Waals surface area (Å²) in [5.41, 5.74) is 9.36. The summed E-state index contributed by atoms with van der Waals surface area (Å²) in [5, 5.41) is 13.9. The molecule has 4 aromatic rings. The standard InChI is InChI=1S/C33H34N6O4/c1-21-30-38(32(42)27(36(2)39(30)33(34)43)18-22-8-4-3-5-9-22)28(19-23-13-15-26(40)16-14-23)31(41)37(21)20-25-11-6-10-24-12-7-17-35-29(24)25/h3-17,21,27-28,30,40H,18-20H2,1-2H3,(H2,34,43). The molecule has 6 rings (SSSR count). The Hall–Kier alpha value is -4.96. The highest BCUT2D eigenvalue weighted by Gasteiger charge is 2.56. The number of fused-ring (bicyclic) bond motifs is 2. The Morgan fingerprint density at radius 3 is 2.26 bits per heavy atom. The number of aromatic hydroxyl groups is 1. The number of rotatable bonds is 6. The number of amides is 4. The number of phenols is 1. The summed E-state index contributed by atoms with van der Waals surface area (Å²) in [6.45, 7) is 2.09. The summed E-state index contributed by atoms with van der Waals surface area (Å²) >= 11 is 0. The van der Waals surface area contributed by atoms with Gasteiger partial charge in [0.1, 0.15) is 24.0 Å². The van der Waals surface area contributed by atoms with E-state index >= 15 is 0 Å². The van der Waals surface area contributed by atoms with Gasteiger partial charge in [-0.15, -0.1) is 0 Å². The van der Waals surface area contributed by atoms with Crippen molar-refractivity contribution in [2.24, 2.45) is 5.73 Å². The molecule has 4 unspecified atom stereocenters. The zero-order valence-corrected chi connectivity index (χ0v) is 24.1. The van der Waals surface area contributed by atoms with Gasteiger partial charge in [-0.05, 0) is 48.2 Å². The topological polar surface area (TPSA) is 123 Å². The predicted octanol–water partition coefficient (Wildman–Crippen LogP) is 3.29. The Kier molecular flexibility index (Phi) is 7.45. The van der Waals surface area contributed by atoms with Crippen LogP contribution < -0.4 is 5.73 Å². The second kappa shape index (κ2) is 11.4. The maximum atomic E-state index is 14.5. The van der Waals surface area contributed by atoms with E-state index in [-0.39, 0.29) is 30.5 Å². The second-order valence-electron chi connectivity index (χ2n) is 11.2. The van der Waals surface area contributed by atoms with Crippen LogP contribution in [0, 0.1) is 0 Å². The van der Waals surface area contributed by atoms with Crippen LogP contribution in [-0.2, 0) is 29.0 Å². The van der Waals surface area contributed by atoms with E-state index in [0.717, 1.165) is 27.6 Å². The molecule has 2 saturated heterocycles. The quantitative estimate of drug-likeness (QED) is 0.362. The molecule has 3 aromatic carbocycles. The monoisotopic (exact) mass is 578 g/mol. The zero-order chi connectivity index (χ0) is 30.2. The first kappa shape index (κ1) is 28.2. The van der Waals surface area contributed by atoms with E-state index in [1.807, 2.05) is 67.6 Å². The summed E-state index contributed by atoms with van der Waals surface area (Å²) in [6, 6.07) is 22.9. The fraction of sp³-hybridized carbons (Fsp3) is 0.273. The normalized spacial score (nSPS) is 22.6. The van der Waals surface area contributed by atoms with Crippen molar-refractivity contribution in [1.29, 1.82) is 0 Å². The van der Waals surface area contributed by atoms with Gasteiger partial charge >= 0.3 is 6.03 Å². The molecule has 2 aliphatic rings. The third kappa shape index (κ3) is 5.14. The van der Waals surface area contributed by atoms with Crippen LogP contribution in [0.4, 0.5) is 4.79 Å². The molecule has 3 heterocycles. The maximum Gasteiger partial charge on any atom is 0.331 e. The third-order valence-electron chi connectivity index (χ3n) is 8.61. The molecule has 220 valence electrons. The fourth-order valence-electron chi connectivity index (χ4n) is 6.45. The molecule has 0 saturated carbocycles. The minimum absolute atomic E-state index is 0.105. The van der Waals surface area contributed by atoms with Crippen LogP contribution in [0.1, 0.15) is 23.6 Å². The molecular formula is C33H34N6O4. The number of para-hydroxylation sites is 1. The first-order chi connectivity index (χ1) is 20.7. The minimum atomic E-state index is -0.907. The summed E-state index contributed by atoms with van der Waals surface area (Å²) < 4.78 is 0.